The molecule has 1 aliphatic carbocycles. The van der Waals surface area contributed by atoms with E-state index in [9.17, 15) is 9.90 Å². The van der Waals surface area contributed by atoms with Gasteiger partial charge in [-0.15, -0.1) is 0 Å². The van der Waals surface area contributed by atoms with E-state index in [1.165, 1.54) is 6.20 Å². The van der Waals surface area contributed by atoms with Gasteiger partial charge in [0.15, 0.2) is 5.82 Å². The topological polar surface area (TPSA) is 211 Å². The van der Waals surface area contributed by atoms with E-state index in [1.807, 2.05) is 12.1 Å². The molecular weight excluding hydrogens is 528 g/mol. The Labute approximate surface area is 236 Å². The maximum atomic E-state index is 11.2. The first-order valence-corrected chi connectivity index (χ1v) is 13.0. The van der Waals surface area contributed by atoms with E-state index in [0.29, 0.717) is 47.8 Å². The molecule has 8 N–H and O–H groups in total. The minimum atomic E-state index is -0.802. The highest BCUT2D eigenvalue weighted by Gasteiger charge is 2.34. The highest BCUT2D eigenvalue weighted by molar-refractivity contribution is 6.03. The van der Waals surface area contributed by atoms with Crippen LogP contribution in [0.25, 0.3) is 5.57 Å². The third kappa shape index (κ3) is 6.69. The molecule has 3 aromatic rings. The number of hydrogen-bond donors (Lipinski definition) is 6. The van der Waals surface area contributed by atoms with Crippen LogP contribution in [0.4, 0.5) is 17.1 Å². The minimum absolute atomic E-state index is 0.143. The van der Waals surface area contributed by atoms with Crippen LogP contribution < -0.4 is 26.8 Å². The van der Waals surface area contributed by atoms with Crippen molar-refractivity contribution in [2.45, 2.75) is 32.2 Å². The first kappa shape index (κ1) is 28.8. The summed E-state index contributed by atoms with van der Waals surface area (Å²) < 4.78 is 5.87. The van der Waals surface area contributed by atoms with Gasteiger partial charge in [0.2, 0.25) is 0 Å². The molecule has 13 nitrogen and oxygen atoms in total. The van der Waals surface area contributed by atoms with Gasteiger partial charge in [0.05, 0.1) is 40.2 Å². The van der Waals surface area contributed by atoms with Crippen molar-refractivity contribution < 1.29 is 24.5 Å². The standard InChI is InChI=1S/C27H30N8O3.CH2O2/c1-2-15-10-23-24(38-7-6-30-23)12-20(15)35-22-11-21(18(13-28)26-31-4-3-5-32-26)33-14-19(22)25(29)34-17-8-16(9-17)27(36)37;2-1-3/h3-5,10-14,16-17,30H,2,6-9,28H2,1H3,(H2,29,34)(H,33,35)(H,36,37);1H,(H,2,3)/b18-13-;. The predicted octanol–water partition coefficient (Wildman–Crippen LogP) is 2.60. The number of aryl methyl sites for hydroxylation is 1. The average molecular weight is 561 g/mol. The molecule has 13 heteroatoms. The second-order valence-corrected chi connectivity index (χ2v) is 9.31. The normalized spacial score (nSPS) is 17.9. The number of carbonyl (C=O) groups is 2. The molecule has 2 aromatic heterocycles. The number of carboxylic acids is 1. The summed E-state index contributed by atoms with van der Waals surface area (Å²) in [7, 11) is 0. The lowest BCUT2D eigenvalue weighted by Gasteiger charge is -2.29. The number of hydrogen-bond acceptors (Lipinski definition) is 10. The number of benzene rings is 1. The lowest BCUT2D eigenvalue weighted by Crippen LogP contribution is -2.35. The fourth-order valence-corrected chi connectivity index (χ4v) is 4.57. The van der Waals surface area contributed by atoms with Crippen LogP contribution in [0.3, 0.4) is 0 Å². The van der Waals surface area contributed by atoms with Gasteiger partial charge in [0.1, 0.15) is 18.2 Å². The number of fused-ring (bicyclic) bond motifs is 1. The molecule has 0 amide bonds. The van der Waals surface area contributed by atoms with Crippen molar-refractivity contribution in [3.63, 3.8) is 0 Å². The summed E-state index contributed by atoms with van der Waals surface area (Å²) >= 11 is 0. The van der Waals surface area contributed by atoms with E-state index in [2.05, 4.69) is 43.6 Å². The van der Waals surface area contributed by atoms with Crippen molar-refractivity contribution in [3.05, 3.63) is 71.7 Å². The number of nitrogens with two attached hydrogens (primary N) is 2. The van der Waals surface area contributed by atoms with Gasteiger partial charge in [0, 0.05) is 43.1 Å². The first-order valence-electron chi connectivity index (χ1n) is 13.0. The molecule has 0 spiro atoms. The van der Waals surface area contributed by atoms with Crippen LogP contribution >= 0.6 is 0 Å². The fraction of sp³-hybridized carbons (Fsp3) is 0.286. The summed E-state index contributed by atoms with van der Waals surface area (Å²) in [6.07, 6.45) is 8.06. The zero-order valence-electron chi connectivity index (χ0n) is 22.4. The molecule has 0 radical (unpaired) electrons. The maximum Gasteiger partial charge on any atom is 0.306 e. The highest BCUT2D eigenvalue weighted by Crippen LogP contribution is 2.37. The average Bonchev–Trinajstić information content (AvgIpc) is 2.95. The molecule has 1 aromatic carbocycles. The number of aliphatic carboxylic acids is 1. The Morgan fingerprint density at radius 1 is 1.22 bits per heavy atom. The number of aliphatic imine (C=N–C) groups is 1. The molecule has 0 saturated heterocycles. The Bertz CT molecular complexity index is 1460. The number of pyridine rings is 1. The van der Waals surface area contributed by atoms with E-state index in [1.54, 1.807) is 24.7 Å². The number of rotatable bonds is 8. The van der Waals surface area contributed by atoms with E-state index in [4.69, 9.17) is 26.1 Å². The third-order valence-electron chi connectivity index (χ3n) is 6.74. The van der Waals surface area contributed by atoms with Crippen molar-refractivity contribution >= 4 is 40.9 Å². The lowest BCUT2D eigenvalue weighted by molar-refractivity contribution is -0.145. The SMILES string of the molecule is CCc1cc2c(cc1Nc1cc(/C(=C/N)c3ncccn3)ncc1C(N)=NC1CC(C(=O)O)C1)OCCN2.O=CO. The number of ether oxygens (including phenoxy) is 1. The summed E-state index contributed by atoms with van der Waals surface area (Å²) in [5.41, 5.74) is 17.7. The summed E-state index contributed by atoms with van der Waals surface area (Å²) in [6, 6.07) is 7.48. The zero-order valence-corrected chi connectivity index (χ0v) is 22.4. The zero-order chi connectivity index (χ0) is 29.4. The molecule has 3 heterocycles. The molecule has 1 aliphatic heterocycles. The van der Waals surface area contributed by atoms with Crippen molar-refractivity contribution in [3.8, 4) is 5.75 Å². The van der Waals surface area contributed by atoms with Gasteiger partial charge in [-0.3, -0.25) is 19.6 Å². The van der Waals surface area contributed by atoms with Crippen LogP contribution in [0.5, 0.6) is 5.75 Å². The predicted molar refractivity (Wildman–Crippen MR) is 154 cm³/mol. The van der Waals surface area contributed by atoms with Crippen LogP contribution in [0.1, 0.15) is 42.4 Å². The lowest BCUT2D eigenvalue weighted by atomic mass is 9.81. The van der Waals surface area contributed by atoms with Gasteiger partial charge < -0.3 is 37.1 Å². The molecule has 0 bridgehead atoms. The van der Waals surface area contributed by atoms with Crippen molar-refractivity contribution in [2.24, 2.45) is 22.4 Å². The van der Waals surface area contributed by atoms with Crippen LogP contribution in [-0.4, -0.2) is 62.6 Å². The molecule has 0 atom stereocenters. The molecule has 0 unspecified atom stereocenters. The Hall–Kier alpha value is -5.20. The highest BCUT2D eigenvalue weighted by atomic mass is 16.5. The second-order valence-electron chi connectivity index (χ2n) is 9.31. The van der Waals surface area contributed by atoms with Gasteiger partial charge in [-0.1, -0.05) is 6.92 Å². The van der Waals surface area contributed by atoms with Crippen LogP contribution in [0, 0.1) is 5.92 Å². The molecule has 2 aliphatic rings. The molecule has 214 valence electrons. The van der Waals surface area contributed by atoms with E-state index in [-0.39, 0.29) is 24.3 Å². The van der Waals surface area contributed by atoms with Gasteiger partial charge in [0.25, 0.3) is 6.47 Å². The summed E-state index contributed by atoms with van der Waals surface area (Å²) in [6.45, 7) is 3.18. The number of aromatic nitrogens is 3. The van der Waals surface area contributed by atoms with E-state index in [0.717, 1.165) is 35.7 Å². The van der Waals surface area contributed by atoms with Crippen LogP contribution in [0.2, 0.25) is 0 Å². The second kappa shape index (κ2) is 13.2. The molecule has 5 rings (SSSR count). The van der Waals surface area contributed by atoms with Crippen LogP contribution in [0.15, 0.2) is 54.0 Å². The smallest absolute Gasteiger partial charge is 0.306 e. The Morgan fingerprint density at radius 3 is 2.61 bits per heavy atom. The van der Waals surface area contributed by atoms with Gasteiger partial charge in [-0.2, -0.15) is 0 Å². The van der Waals surface area contributed by atoms with E-state index >= 15 is 0 Å². The molecule has 1 saturated carbocycles. The number of nitrogens with zero attached hydrogens (tertiary/aromatic N) is 4. The Kier molecular flexibility index (Phi) is 9.30. The quantitative estimate of drug-likeness (QED) is 0.133. The summed E-state index contributed by atoms with van der Waals surface area (Å²) in [5, 5.41) is 23.0. The van der Waals surface area contributed by atoms with Crippen molar-refractivity contribution in [2.75, 3.05) is 23.8 Å². The third-order valence-corrected chi connectivity index (χ3v) is 6.74. The summed E-state index contributed by atoms with van der Waals surface area (Å²) in [4.78, 5) is 37.4. The molecule has 41 heavy (non-hydrogen) atoms. The van der Waals surface area contributed by atoms with Gasteiger partial charge in [-0.05, 0) is 43.0 Å². The Morgan fingerprint density at radius 2 is 1.95 bits per heavy atom. The maximum absolute atomic E-state index is 11.2. The van der Waals surface area contributed by atoms with Crippen LogP contribution in [-0.2, 0) is 16.0 Å². The number of nitrogens with one attached hydrogen (secondary N) is 2. The fourth-order valence-electron chi connectivity index (χ4n) is 4.57. The minimum Gasteiger partial charge on any atom is -0.490 e. The number of amidine groups is 1. The monoisotopic (exact) mass is 560 g/mol. The number of anilines is 3. The van der Waals surface area contributed by atoms with Crippen molar-refractivity contribution in [1.29, 1.82) is 0 Å². The largest absolute Gasteiger partial charge is 0.490 e. The molecular formula is C28H32N8O5. The van der Waals surface area contributed by atoms with Gasteiger partial charge in [-0.25, -0.2) is 9.97 Å². The Balaban J connectivity index is 0.00000124. The summed E-state index contributed by atoms with van der Waals surface area (Å²) in [5.74, 6) is 0.309. The first-order chi connectivity index (χ1) is 19.9. The van der Waals surface area contributed by atoms with E-state index < -0.39 is 5.97 Å². The molecule has 1 fully saturated rings. The number of carboxylic acid groups (broad SMARTS) is 2. The van der Waals surface area contributed by atoms with Gasteiger partial charge >= 0.3 is 5.97 Å². The van der Waals surface area contributed by atoms with Crippen molar-refractivity contribution in [1.82, 2.24) is 15.0 Å².